The van der Waals surface area contributed by atoms with Crippen molar-refractivity contribution in [3.05, 3.63) is 106 Å². The molecule has 0 radical (unpaired) electrons. The number of pyridine rings is 1. The van der Waals surface area contributed by atoms with Crippen LogP contribution in [-0.4, -0.2) is 33.6 Å². The van der Waals surface area contributed by atoms with Crippen molar-refractivity contribution in [2.75, 3.05) is 13.1 Å². The lowest BCUT2D eigenvalue weighted by molar-refractivity contribution is 0.134. The van der Waals surface area contributed by atoms with Crippen LogP contribution in [0.1, 0.15) is 33.5 Å². The van der Waals surface area contributed by atoms with Crippen LogP contribution in [0.25, 0.3) is 17.0 Å². The maximum Gasteiger partial charge on any atom is 0.326 e. The first-order valence-corrected chi connectivity index (χ1v) is 12.4. The number of nitrogens with zero attached hydrogens (tertiary/aromatic N) is 3. The molecule has 0 atom stereocenters. The van der Waals surface area contributed by atoms with E-state index in [0.717, 1.165) is 39.4 Å². The van der Waals surface area contributed by atoms with Crippen LogP contribution in [0.5, 0.6) is 0 Å². The summed E-state index contributed by atoms with van der Waals surface area (Å²) in [6.07, 6.45) is 5.56. The average Bonchev–Trinajstić information content (AvgIpc) is 3.49. The van der Waals surface area contributed by atoms with Crippen LogP contribution in [0.4, 0.5) is 18.0 Å². The number of rotatable bonds is 5. The zero-order chi connectivity index (χ0) is 26.2. The highest BCUT2D eigenvalue weighted by Gasteiger charge is 2.28. The number of halogens is 3. The molecule has 4 heterocycles. The van der Waals surface area contributed by atoms with Gasteiger partial charge in [0.1, 0.15) is 11.6 Å². The lowest BCUT2D eigenvalue weighted by Crippen LogP contribution is -2.34. The topological polar surface area (TPSA) is 59.4 Å². The SMILES string of the molecule is O=C(NCc1ccnc(F)c1)n1c2c(c3cc4c(cc31)COC4)CN(C/C=C/c1ccc(F)cc1F)CC2. The minimum atomic E-state index is -0.603. The summed E-state index contributed by atoms with van der Waals surface area (Å²) < 4.78 is 48.0. The average molecular weight is 519 g/mol. The van der Waals surface area contributed by atoms with Crippen molar-refractivity contribution >= 4 is 23.0 Å². The summed E-state index contributed by atoms with van der Waals surface area (Å²) in [5.74, 6) is -1.79. The number of ether oxygens (including phenoxy) is 1. The minimum absolute atomic E-state index is 0.178. The van der Waals surface area contributed by atoms with E-state index >= 15 is 0 Å². The highest BCUT2D eigenvalue weighted by atomic mass is 19.1. The molecule has 2 aromatic carbocycles. The molecule has 0 saturated heterocycles. The van der Waals surface area contributed by atoms with Gasteiger partial charge in [0.15, 0.2) is 0 Å². The molecule has 6 rings (SSSR count). The van der Waals surface area contributed by atoms with Crippen molar-refractivity contribution in [1.29, 1.82) is 0 Å². The van der Waals surface area contributed by atoms with Crippen molar-refractivity contribution in [2.45, 2.75) is 32.7 Å². The first-order chi connectivity index (χ1) is 18.5. The van der Waals surface area contributed by atoms with Crippen LogP contribution < -0.4 is 5.32 Å². The molecule has 2 aliphatic rings. The quantitative estimate of drug-likeness (QED) is 0.364. The Morgan fingerprint density at radius 3 is 2.74 bits per heavy atom. The predicted octanol–water partition coefficient (Wildman–Crippen LogP) is 5.31. The first kappa shape index (κ1) is 24.4. The summed E-state index contributed by atoms with van der Waals surface area (Å²) in [5.41, 5.74) is 6.00. The van der Waals surface area contributed by atoms with E-state index in [2.05, 4.69) is 21.3 Å². The fraction of sp³-hybridized carbons (Fsp3) is 0.241. The normalized spacial score (nSPS) is 15.2. The van der Waals surface area contributed by atoms with Crippen molar-refractivity contribution in [3.63, 3.8) is 0 Å². The van der Waals surface area contributed by atoms with Crippen molar-refractivity contribution in [3.8, 4) is 0 Å². The van der Waals surface area contributed by atoms with Crippen molar-refractivity contribution < 1.29 is 22.7 Å². The van der Waals surface area contributed by atoms with E-state index in [9.17, 15) is 18.0 Å². The van der Waals surface area contributed by atoms with Gasteiger partial charge in [-0.05, 0) is 58.7 Å². The number of fused-ring (bicyclic) bond motifs is 4. The maximum absolute atomic E-state index is 14.0. The van der Waals surface area contributed by atoms with E-state index in [0.29, 0.717) is 50.4 Å². The van der Waals surface area contributed by atoms with Gasteiger partial charge in [-0.3, -0.25) is 9.47 Å². The number of nitrogens with one attached hydrogen (secondary N) is 1. The standard InChI is InChI=1S/C29H25F3N4O2/c30-22-4-3-19(25(31)13-22)2-1-8-35-9-6-26-24(15-35)23-11-20-16-38-17-21(20)12-27(23)36(26)29(37)34-14-18-5-7-33-28(32)10-18/h1-5,7,10-13H,6,8-9,14-17H2,(H,34,37)/b2-1+. The Bertz CT molecular complexity index is 1580. The highest BCUT2D eigenvalue weighted by molar-refractivity contribution is 5.96. The van der Waals surface area contributed by atoms with Gasteiger partial charge >= 0.3 is 6.03 Å². The maximum atomic E-state index is 14.0. The van der Waals surface area contributed by atoms with Gasteiger partial charge in [0, 0.05) is 61.5 Å². The third-order valence-electron chi connectivity index (χ3n) is 7.13. The Labute approximate surface area is 217 Å². The van der Waals surface area contributed by atoms with Crippen LogP contribution in [0.2, 0.25) is 0 Å². The summed E-state index contributed by atoms with van der Waals surface area (Å²) >= 11 is 0. The van der Waals surface area contributed by atoms with E-state index in [1.807, 2.05) is 12.1 Å². The Kier molecular flexibility index (Phi) is 6.47. The molecule has 4 aromatic rings. The third-order valence-corrected chi connectivity index (χ3v) is 7.13. The second-order valence-corrected chi connectivity index (χ2v) is 9.59. The van der Waals surface area contributed by atoms with Gasteiger partial charge in [-0.1, -0.05) is 12.2 Å². The van der Waals surface area contributed by atoms with Crippen LogP contribution in [0, 0.1) is 17.6 Å². The first-order valence-electron chi connectivity index (χ1n) is 12.4. The fourth-order valence-electron chi connectivity index (χ4n) is 5.25. The van der Waals surface area contributed by atoms with Gasteiger partial charge in [0.2, 0.25) is 5.95 Å². The summed E-state index contributed by atoms with van der Waals surface area (Å²) in [4.78, 5) is 19.2. The molecule has 1 amide bonds. The lowest BCUT2D eigenvalue weighted by Gasteiger charge is -2.27. The summed E-state index contributed by atoms with van der Waals surface area (Å²) in [6, 6.07) is 10.4. The monoisotopic (exact) mass is 518 g/mol. The number of aromatic nitrogens is 2. The zero-order valence-corrected chi connectivity index (χ0v) is 20.5. The summed E-state index contributed by atoms with van der Waals surface area (Å²) in [7, 11) is 0. The van der Waals surface area contributed by atoms with E-state index in [4.69, 9.17) is 4.74 Å². The summed E-state index contributed by atoms with van der Waals surface area (Å²) in [5, 5.41) is 3.93. The number of benzene rings is 2. The van der Waals surface area contributed by atoms with Crippen molar-refractivity contribution in [1.82, 2.24) is 19.8 Å². The molecule has 0 fully saturated rings. The van der Waals surface area contributed by atoms with Gasteiger partial charge in [-0.15, -0.1) is 0 Å². The van der Waals surface area contributed by atoms with Gasteiger partial charge in [-0.2, -0.15) is 4.39 Å². The molecule has 0 aliphatic carbocycles. The van der Waals surface area contributed by atoms with E-state index in [1.165, 1.54) is 24.4 Å². The Hall–Kier alpha value is -3.95. The molecule has 2 aliphatic heterocycles. The molecule has 9 heteroatoms. The zero-order valence-electron chi connectivity index (χ0n) is 20.5. The molecule has 0 unspecified atom stereocenters. The molecule has 0 spiro atoms. The molecule has 0 bridgehead atoms. The number of carbonyl (C=O) groups excluding carboxylic acids is 1. The van der Waals surface area contributed by atoms with Crippen LogP contribution in [-0.2, 0) is 37.5 Å². The van der Waals surface area contributed by atoms with Gasteiger partial charge in [-0.25, -0.2) is 18.6 Å². The van der Waals surface area contributed by atoms with E-state index < -0.39 is 17.6 Å². The molecular weight excluding hydrogens is 493 g/mol. The van der Waals surface area contributed by atoms with Crippen molar-refractivity contribution in [2.24, 2.45) is 0 Å². The van der Waals surface area contributed by atoms with Crippen LogP contribution >= 0.6 is 0 Å². The van der Waals surface area contributed by atoms with Crippen LogP contribution in [0.15, 0.2) is 54.7 Å². The molecule has 6 nitrogen and oxygen atoms in total. The minimum Gasteiger partial charge on any atom is -0.372 e. The van der Waals surface area contributed by atoms with E-state index in [-0.39, 0.29) is 12.6 Å². The molecule has 38 heavy (non-hydrogen) atoms. The third kappa shape index (κ3) is 4.70. The second-order valence-electron chi connectivity index (χ2n) is 9.59. The van der Waals surface area contributed by atoms with Gasteiger partial charge in [0.05, 0.1) is 18.7 Å². The largest absolute Gasteiger partial charge is 0.372 e. The Morgan fingerprint density at radius 1 is 1.08 bits per heavy atom. The smallest absolute Gasteiger partial charge is 0.326 e. The number of amides is 1. The molecule has 2 aromatic heterocycles. The molecule has 194 valence electrons. The molecule has 1 N–H and O–H groups in total. The highest BCUT2D eigenvalue weighted by Crippen LogP contribution is 2.35. The van der Waals surface area contributed by atoms with Gasteiger partial charge < -0.3 is 10.1 Å². The predicted molar refractivity (Wildman–Crippen MR) is 137 cm³/mol. The van der Waals surface area contributed by atoms with Crippen LogP contribution in [0.3, 0.4) is 0 Å². The number of hydrogen-bond acceptors (Lipinski definition) is 4. The lowest BCUT2D eigenvalue weighted by atomic mass is 10.0. The van der Waals surface area contributed by atoms with Gasteiger partial charge in [0.25, 0.3) is 0 Å². The molecular formula is C29H25F3N4O2. The number of carbonyl (C=O) groups is 1. The second kappa shape index (κ2) is 10.1. The Balaban J connectivity index is 1.27. The fourth-order valence-corrected chi connectivity index (χ4v) is 5.25. The van der Waals surface area contributed by atoms with E-state index in [1.54, 1.807) is 16.7 Å². The summed E-state index contributed by atoms with van der Waals surface area (Å²) in [6.45, 7) is 3.15. The molecule has 0 saturated carbocycles. The number of hydrogen-bond donors (Lipinski definition) is 1. The Morgan fingerprint density at radius 2 is 1.92 bits per heavy atom.